The van der Waals surface area contributed by atoms with Crippen LogP contribution in [0.5, 0.6) is 0 Å². The molecule has 1 heteroatoms. The Morgan fingerprint density at radius 2 is 1.53 bits per heavy atom. The summed E-state index contributed by atoms with van der Waals surface area (Å²) < 4.78 is 0. The Bertz CT molecular complexity index is 300. The lowest BCUT2D eigenvalue weighted by Gasteiger charge is -2.55. The number of hydrogen-bond acceptors (Lipinski definition) is 1. The van der Waals surface area contributed by atoms with Crippen LogP contribution in [0, 0.1) is 22.7 Å². The van der Waals surface area contributed by atoms with Crippen LogP contribution >= 0.6 is 0 Å². The van der Waals surface area contributed by atoms with E-state index in [4.69, 9.17) is 5.73 Å². The van der Waals surface area contributed by atoms with Crippen molar-refractivity contribution in [1.82, 2.24) is 0 Å². The summed E-state index contributed by atoms with van der Waals surface area (Å²) in [4.78, 5) is 0. The van der Waals surface area contributed by atoms with E-state index in [1.165, 1.54) is 51.4 Å². The van der Waals surface area contributed by atoms with Crippen LogP contribution in [-0.2, 0) is 0 Å². The number of rotatable bonds is 2. The Morgan fingerprint density at radius 1 is 0.947 bits per heavy atom. The molecule has 0 radical (unpaired) electrons. The van der Waals surface area contributed by atoms with Gasteiger partial charge >= 0.3 is 0 Å². The molecule has 2 unspecified atom stereocenters. The summed E-state index contributed by atoms with van der Waals surface area (Å²) in [6.07, 6.45) is 10.7. The lowest BCUT2D eigenvalue weighted by molar-refractivity contribution is 0.000981. The molecule has 0 aromatic heterocycles. The second-order valence-corrected chi connectivity index (χ2v) is 9.23. The van der Waals surface area contributed by atoms with Gasteiger partial charge in [-0.25, -0.2) is 0 Å². The van der Waals surface area contributed by atoms with Gasteiger partial charge < -0.3 is 5.73 Å². The minimum Gasteiger partial charge on any atom is -0.325 e. The summed E-state index contributed by atoms with van der Waals surface area (Å²) in [6.45, 7) is 12.1. The highest BCUT2D eigenvalue weighted by Gasteiger charge is 2.49. The highest BCUT2D eigenvalue weighted by Crippen LogP contribution is 2.54. The van der Waals surface area contributed by atoms with E-state index in [2.05, 4.69) is 34.6 Å². The van der Waals surface area contributed by atoms with Gasteiger partial charge in [-0.15, -0.1) is 0 Å². The van der Waals surface area contributed by atoms with E-state index in [0.717, 1.165) is 11.8 Å². The topological polar surface area (TPSA) is 26.0 Å². The van der Waals surface area contributed by atoms with Crippen molar-refractivity contribution in [2.45, 2.75) is 91.5 Å². The number of hydrogen-bond donors (Lipinski definition) is 1. The summed E-state index contributed by atoms with van der Waals surface area (Å²) in [5.74, 6) is 1.71. The van der Waals surface area contributed by atoms with E-state index in [-0.39, 0.29) is 5.54 Å². The summed E-state index contributed by atoms with van der Waals surface area (Å²) >= 11 is 0. The van der Waals surface area contributed by atoms with Crippen molar-refractivity contribution in [3.63, 3.8) is 0 Å². The first-order chi connectivity index (χ1) is 8.66. The molecular formula is C18H35N. The SMILES string of the molecule is CCC1CCCC(C2(N)CC(C)(C)CC(C)(C)C2)C1. The summed E-state index contributed by atoms with van der Waals surface area (Å²) in [7, 11) is 0. The second kappa shape index (κ2) is 5.06. The van der Waals surface area contributed by atoms with Crippen LogP contribution in [0.2, 0.25) is 0 Å². The smallest absolute Gasteiger partial charge is 0.0193 e. The third-order valence-corrected chi connectivity index (χ3v) is 5.75. The Balaban J connectivity index is 2.16. The third-order valence-electron chi connectivity index (χ3n) is 5.75. The van der Waals surface area contributed by atoms with Crippen molar-refractivity contribution in [2.24, 2.45) is 28.4 Å². The maximum absolute atomic E-state index is 7.00. The van der Waals surface area contributed by atoms with E-state index in [1.54, 1.807) is 0 Å². The van der Waals surface area contributed by atoms with Gasteiger partial charge in [-0.05, 0) is 54.8 Å². The van der Waals surface area contributed by atoms with E-state index >= 15 is 0 Å². The molecule has 0 saturated heterocycles. The summed E-state index contributed by atoms with van der Waals surface area (Å²) in [5.41, 5.74) is 7.92. The molecule has 2 N–H and O–H groups in total. The molecule has 2 atom stereocenters. The first-order valence-electron chi connectivity index (χ1n) is 8.45. The summed E-state index contributed by atoms with van der Waals surface area (Å²) in [6, 6.07) is 0. The molecule has 2 aliphatic carbocycles. The molecule has 0 aliphatic heterocycles. The van der Waals surface area contributed by atoms with Crippen LogP contribution in [0.3, 0.4) is 0 Å². The maximum atomic E-state index is 7.00. The van der Waals surface area contributed by atoms with Crippen molar-refractivity contribution in [3.8, 4) is 0 Å². The Kier molecular flexibility index (Phi) is 4.09. The molecular weight excluding hydrogens is 230 g/mol. The van der Waals surface area contributed by atoms with Crippen molar-refractivity contribution in [1.29, 1.82) is 0 Å². The molecule has 0 spiro atoms. The monoisotopic (exact) mass is 265 g/mol. The highest BCUT2D eigenvalue weighted by atomic mass is 14.8. The number of nitrogens with two attached hydrogens (primary N) is 1. The van der Waals surface area contributed by atoms with Crippen LogP contribution in [0.15, 0.2) is 0 Å². The van der Waals surface area contributed by atoms with Gasteiger partial charge in [0.15, 0.2) is 0 Å². The van der Waals surface area contributed by atoms with Crippen LogP contribution in [-0.4, -0.2) is 5.54 Å². The lowest BCUT2D eigenvalue weighted by atomic mass is 9.53. The molecule has 0 amide bonds. The Labute approximate surface area is 120 Å². The predicted octanol–water partition coefficient (Wildman–Crippen LogP) is 5.14. The van der Waals surface area contributed by atoms with Crippen molar-refractivity contribution < 1.29 is 0 Å². The van der Waals surface area contributed by atoms with Crippen LogP contribution in [0.25, 0.3) is 0 Å². The van der Waals surface area contributed by atoms with Gasteiger partial charge in [0.2, 0.25) is 0 Å². The van der Waals surface area contributed by atoms with Gasteiger partial charge in [0.25, 0.3) is 0 Å². The van der Waals surface area contributed by atoms with Crippen LogP contribution < -0.4 is 5.73 Å². The molecule has 2 rings (SSSR count). The van der Waals surface area contributed by atoms with Gasteiger partial charge in [0.05, 0.1) is 0 Å². The van der Waals surface area contributed by atoms with Crippen LogP contribution in [0.1, 0.15) is 86.0 Å². The minimum absolute atomic E-state index is 0.0963. The van der Waals surface area contributed by atoms with Gasteiger partial charge in [0.1, 0.15) is 0 Å². The molecule has 2 fully saturated rings. The average Bonchev–Trinajstić information content (AvgIpc) is 2.24. The van der Waals surface area contributed by atoms with E-state index in [0.29, 0.717) is 10.8 Å². The van der Waals surface area contributed by atoms with Gasteiger partial charge in [-0.3, -0.25) is 0 Å². The quantitative estimate of drug-likeness (QED) is 0.735. The molecule has 112 valence electrons. The maximum Gasteiger partial charge on any atom is 0.0193 e. The molecule has 0 heterocycles. The standard InChI is InChI=1S/C18H35N/c1-6-14-8-7-9-15(10-14)18(19)12-16(2,3)11-17(4,5)13-18/h14-15H,6-13,19H2,1-5H3. The molecule has 0 aromatic rings. The van der Waals surface area contributed by atoms with Gasteiger partial charge in [0, 0.05) is 5.54 Å². The fourth-order valence-corrected chi connectivity index (χ4v) is 5.74. The average molecular weight is 265 g/mol. The highest BCUT2D eigenvalue weighted by molar-refractivity contribution is 5.04. The molecule has 0 aromatic carbocycles. The van der Waals surface area contributed by atoms with Crippen molar-refractivity contribution >= 4 is 0 Å². The largest absolute Gasteiger partial charge is 0.325 e. The predicted molar refractivity (Wildman–Crippen MR) is 84.1 cm³/mol. The lowest BCUT2D eigenvalue weighted by Crippen LogP contribution is -2.57. The molecule has 1 nitrogen and oxygen atoms in total. The zero-order chi connectivity index (χ0) is 14.3. The Hall–Kier alpha value is -0.0400. The van der Waals surface area contributed by atoms with E-state index < -0.39 is 0 Å². The fourth-order valence-electron chi connectivity index (χ4n) is 5.74. The summed E-state index contributed by atoms with van der Waals surface area (Å²) in [5, 5.41) is 0. The zero-order valence-electron chi connectivity index (χ0n) is 13.9. The van der Waals surface area contributed by atoms with Gasteiger partial charge in [-0.2, -0.15) is 0 Å². The molecule has 2 saturated carbocycles. The van der Waals surface area contributed by atoms with Gasteiger partial charge in [-0.1, -0.05) is 53.9 Å². The molecule has 19 heavy (non-hydrogen) atoms. The van der Waals surface area contributed by atoms with Crippen molar-refractivity contribution in [2.75, 3.05) is 0 Å². The van der Waals surface area contributed by atoms with E-state index in [1.807, 2.05) is 0 Å². The first kappa shape index (κ1) is 15.4. The minimum atomic E-state index is 0.0963. The van der Waals surface area contributed by atoms with Crippen molar-refractivity contribution in [3.05, 3.63) is 0 Å². The normalized spacial score (nSPS) is 36.9. The molecule has 0 bridgehead atoms. The Morgan fingerprint density at radius 3 is 2.05 bits per heavy atom. The fraction of sp³-hybridized carbons (Fsp3) is 1.00. The second-order valence-electron chi connectivity index (χ2n) is 9.23. The van der Waals surface area contributed by atoms with Crippen LogP contribution in [0.4, 0.5) is 0 Å². The third kappa shape index (κ3) is 3.54. The first-order valence-corrected chi connectivity index (χ1v) is 8.45. The zero-order valence-corrected chi connectivity index (χ0v) is 13.9. The van der Waals surface area contributed by atoms with E-state index in [9.17, 15) is 0 Å². The molecule has 2 aliphatic rings.